The molecule has 1 amide bonds. The highest BCUT2D eigenvalue weighted by Gasteiger charge is 2.43. The standard InChI is InChI=1S/C21H26F3N3O4/c1-5-6-12-7-8-13(11-14(12)21(22,23)24)17-25-18(31-26-17)16-15(28)9-10-27(16)19(29)30-20(2,3)4/h7-8,11,15-16,28H,5-6,9-10H2,1-4H3/t15-,16-/m0/s1. The van der Waals surface area contributed by atoms with Crippen LogP contribution in [0.15, 0.2) is 22.7 Å². The molecule has 1 aromatic heterocycles. The van der Waals surface area contributed by atoms with Crippen LogP contribution in [0.1, 0.15) is 63.6 Å². The first-order valence-corrected chi connectivity index (χ1v) is 10.1. The van der Waals surface area contributed by atoms with E-state index in [-0.39, 0.29) is 35.8 Å². The molecule has 2 atom stereocenters. The second kappa shape index (κ2) is 8.49. The highest BCUT2D eigenvalue weighted by Crippen LogP contribution is 2.37. The summed E-state index contributed by atoms with van der Waals surface area (Å²) in [7, 11) is 0. The number of hydrogen-bond acceptors (Lipinski definition) is 6. The van der Waals surface area contributed by atoms with E-state index in [2.05, 4.69) is 10.1 Å². The molecule has 0 spiro atoms. The summed E-state index contributed by atoms with van der Waals surface area (Å²) >= 11 is 0. The van der Waals surface area contributed by atoms with E-state index in [1.165, 1.54) is 17.0 Å². The van der Waals surface area contributed by atoms with Gasteiger partial charge in [0.1, 0.15) is 11.6 Å². The van der Waals surface area contributed by atoms with Crippen LogP contribution in [0.5, 0.6) is 0 Å². The minimum absolute atomic E-state index is 0.0493. The maximum atomic E-state index is 13.5. The third kappa shape index (κ3) is 5.17. The average molecular weight is 441 g/mol. The highest BCUT2D eigenvalue weighted by molar-refractivity contribution is 5.69. The van der Waals surface area contributed by atoms with Gasteiger partial charge in [0.15, 0.2) is 0 Å². The van der Waals surface area contributed by atoms with Crippen molar-refractivity contribution in [3.05, 3.63) is 35.2 Å². The molecule has 31 heavy (non-hydrogen) atoms. The SMILES string of the molecule is CCCc1ccc(-c2noc([C@@H]3[C@@H](O)CCN3C(=O)OC(C)(C)C)n2)cc1C(F)(F)F. The summed E-state index contributed by atoms with van der Waals surface area (Å²) in [5.41, 5.74) is -1.14. The van der Waals surface area contributed by atoms with Crippen LogP contribution in [0, 0.1) is 0 Å². The van der Waals surface area contributed by atoms with E-state index in [0.717, 1.165) is 6.07 Å². The molecule has 2 aromatic rings. The Bertz CT molecular complexity index is 937. The number of aromatic nitrogens is 2. The van der Waals surface area contributed by atoms with Gasteiger partial charge in [-0.05, 0) is 45.2 Å². The minimum Gasteiger partial charge on any atom is -0.444 e. The number of alkyl halides is 3. The van der Waals surface area contributed by atoms with E-state index in [0.29, 0.717) is 12.8 Å². The summed E-state index contributed by atoms with van der Waals surface area (Å²) in [4.78, 5) is 18.0. The summed E-state index contributed by atoms with van der Waals surface area (Å²) in [5, 5.41) is 14.1. The Morgan fingerprint density at radius 3 is 2.65 bits per heavy atom. The predicted molar refractivity (Wildman–Crippen MR) is 105 cm³/mol. The lowest BCUT2D eigenvalue weighted by molar-refractivity contribution is -0.138. The fourth-order valence-corrected chi connectivity index (χ4v) is 3.54. The van der Waals surface area contributed by atoms with Gasteiger partial charge in [-0.15, -0.1) is 0 Å². The van der Waals surface area contributed by atoms with Crippen molar-refractivity contribution in [3.8, 4) is 11.4 Å². The number of carbonyl (C=O) groups is 1. The van der Waals surface area contributed by atoms with Crippen LogP contribution in [0.2, 0.25) is 0 Å². The van der Waals surface area contributed by atoms with Gasteiger partial charge < -0.3 is 14.4 Å². The van der Waals surface area contributed by atoms with Crippen LogP contribution < -0.4 is 0 Å². The fraction of sp³-hybridized carbons (Fsp3) is 0.571. The first-order chi connectivity index (χ1) is 14.4. The third-order valence-corrected chi connectivity index (χ3v) is 4.88. The number of aliphatic hydroxyl groups excluding tert-OH is 1. The molecule has 1 fully saturated rings. The molecule has 0 bridgehead atoms. The monoisotopic (exact) mass is 441 g/mol. The van der Waals surface area contributed by atoms with E-state index in [1.54, 1.807) is 20.8 Å². The Morgan fingerprint density at radius 1 is 1.32 bits per heavy atom. The third-order valence-electron chi connectivity index (χ3n) is 4.88. The Labute approximate surface area is 178 Å². The molecule has 0 unspecified atom stereocenters. The summed E-state index contributed by atoms with van der Waals surface area (Å²) < 4.78 is 51.1. The Morgan fingerprint density at radius 2 is 2.03 bits per heavy atom. The fourth-order valence-electron chi connectivity index (χ4n) is 3.54. The topological polar surface area (TPSA) is 88.7 Å². The summed E-state index contributed by atoms with van der Waals surface area (Å²) in [6.45, 7) is 7.19. The van der Waals surface area contributed by atoms with Gasteiger partial charge in [-0.25, -0.2) is 4.79 Å². The van der Waals surface area contributed by atoms with Gasteiger partial charge in [0.2, 0.25) is 5.82 Å². The van der Waals surface area contributed by atoms with Gasteiger partial charge in [-0.2, -0.15) is 18.2 Å². The lowest BCUT2D eigenvalue weighted by Crippen LogP contribution is -2.38. The Kier molecular flexibility index (Phi) is 6.31. The van der Waals surface area contributed by atoms with Gasteiger partial charge in [0, 0.05) is 12.1 Å². The van der Waals surface area contributed by atoms with Crippen molar-refractivity contribution in [3.63, 3.8) is 0 Å². The van der Waals surface area contributed by atoms with Gasteiger partial charge in [-0.3, -0.25) is 4.90 Å². The summed E-state index contributed by atoms with van der Waals surface area (Å²) in [5.74, 6) is -0.108. The number of ether oxygens (including phenoxy) is 1. The average Bonchev–Trinajstić information content (AvgIpc) is 3.26. The van der Waals surface area contributed by atoms with Crippen molar-refractivity contribution in [1.29, 1.82) is 0 Å². The van der Waals surface area contributed by atoms with Gasteiger partial charge in [0.25, 0.3) is 5.89 Å². The predicted octanol–water partition coefficient (Wildman–Crippen LogP) is 4.75. The van der Waals surface area contributed by atoms with Crippen LogP contribution in [0.3, 0.4) is 0 Å². The minimum atomic E-state index is -4.51. The number of rotatable bonds is 4. The number of aryl methyl sites for hydroxylation is 1. The van der Waals surface area contributed by atoms with Crippen molar-refractivity contribution in [1.82, 2.24) is 15.0 Å². The van der Waals surface area contributed by atoms with E-state index in [1.807, 2.05) is 6.92 Å². The molecule has 170 valence electrons. The van der Waals surface area contributed by atoms with E-state index in [4.69, 9.17) is 9.26 Å². The molecule has 1 aliphatic heterocycles. The number of carbonyl (C=O) groups excluding carboxylic acids is 1. The first-order valence-electron chi connectivity index (χ1n) is 10.1. The van der Waals surface area contributed by atoms with Crippen molar-refractivity contribution in [2.75, 3.05) is 6.54 Å². The maximum absolute atomic E-state index is 13.5. The molecule has 7 nitrogen and oxygen atoms in total. The van der Waals surface area contributed by atoms with E-state index < -0.39 is 35.6 Å². The number of hydrogen-bond donors (Lipinski definition) is 1. The van der Waals surface area contributed by atoms with E-state index in [9.17, 15) is 23.1 Å². The largest absolute Gasteiger partial charge is 0.444 e. The molecule has 0 saturated carbocycles. The van der Waals surface area contributed by atoms with Crippen molar-refractivity contribution in [2.24, 2.45) is 0 Å². The Hall–Kier alpha value is -2.62. The zero-order valence-electron chi connectivity index (χ0n) is 17.9. The van der Waals surface area contributed by atoms with E-state index >= 15 is 0 Å². The Balaban J connectivity index is 1.91. The molecule has 2 heterocycles. The molecule has 0 radical (unpaired) electrons. The molecule has 3 rings (SSSR count). The number of nitrogens with zero attached hydrogens (tertiary/aromatic N) is 3. The van der Waals surface area contributed by atoms with Crippen molar-refractivity contribution < 1.29 is 32.3 Å². The van der Waals surface area contributed by atoms with Crippen LogP contribution in [0.25, 0.3) is 11.4 Å². The molecular weight excluding hydrogens is 415 g/mol. The molecule has 0 aliphatic carbocycles. The van der Waals surface area contributed by atoms with Gasteiger partial charge in [0.05, 0.1) is 11.7 Å². The lowest BCUT2D eigenvalue weighted by atomic mass is 9.99. The zero-order valence-corrected chi connectivity index (χ0v) is 17.9. The van der Waals surface area contributed by atoms with Crippen LogP contribution in [0.4, 0.5) is 18.0 Å². The molecular formula is C21H26F3N3O4. The molecule has 1 N–H and O–H groups in total. The normalized spacial score (nSPS) is 19.7. The number of aliphatic hydroxyl groups is 1. The number of halogens is 3. The lowest BCUT2D eigenvalue weighted by Gasteiger charge is -2.27. The highest BCUT2D eigenvalue weighted by atomic mass is 19.4. The van der Waals surface area contributed by atoms with Crippen LogP contribution >= 0.6 is 0 Å². The number of benzene rings is 1. The second-order valence-electron chi connectivity index (χ2n) is 8.55. The van der Waals surface area contributed by atoms with Crippen LogP contribution in [-0.4, -0.2) is 44.5 Å². The number of amides is 1. The zero-order chi connectivity index (χ0) is 23.0. The second-order valence-corrected chi connectivity index (χ2v) is 8.55. The van der Waals surface area contributed by atoms with Crippen molar-refractivity contribution in [2.45, 2.75) is 70.9 Å². The number of likely N-dealkylation sites (tertiary alicyclic amines) is 1. The summed E-state index contributed by atoms with van der Waals surface area (Å²) in [6, 6.07) is 2.98. The molecule has 10 heteroatoms. The maximum Gasteiger partial charge on any atom is 0.416 e. The van der Waals surface area contributed by atoms with Crippen molar-refractivity contribution >= 4 is 6.09 Å². The smallest absolute Gasteiger partial charge is 0.416 e. The molecule has 1 aromatic carbocycles. The molecule has 1 aliphatic rings. The van der Waals surface area contributed by atoms with Gasteiger partial charge in [-0.1, -0.05) is 30.6 Å². The van der Waals surface area contributed by atoms with Crippen LogP contribution in [-0.2, 0) is 17.3 Å². The quantitative estimate of drug-likeness (QED) is 0.737. The molecule has 1 saturated heterocycles. The van der Waals surface area contributed by atoms with Gasteiger partial charge >= 0.3 is 12.3 Å². The summed E-state index contributed by atoms with van der Waals surface area (Å²) in [6.07, 6.45) is -4.95. The first kappa shape index (κ1) is 23.1.